The molecule has 0 spiro atoms. The highest BCUT2D eigenvalue weighted by molar-refractivity contribution is 6.31. The first-order valence-electron chi connectivity index (χ1n) is 10.5. The van der Waals surface area contributed by atoms with Crippen LogP contribution in [0.25, 0.3) is 11.0 Å². The molecule has 0 bridgehead atoms. The number of halogens is 1. The van der Waals surface area contributed by atoms with Gasteiger partial charge in [-0.3, -0.25) is 14.6 Å². The molecule has 1 atom stereocenters. The molecule has 1 aliphatic rings. The third kappa shape index (κ3) is 3.70. The van der Waals surface area contributed by atoms with Gasteiger partial charge in [0.2, 0.25) is 5.78 Å². The van der Waals surface area contributed by atoms with Gasteiger partial charge in [-0.2, -0.15) is 0 Å². The number of hydrogen-bond acceptors (Lipinski definition) is 6. The number of aliphatic hydroxyl groups is 1. The summed E-state index contributed by atoms with van der Waals surface area (Å²) < 4.78 is 11.1. The van der Waals surface area contributed by atoms with Crippen LogP contribution in [-0.2, 0) is 11.3 Å². The number of methoxy groups -OCH3 is 1. The predicted octanol–water partition coefficient (Wildman–Crippen LogP) is 5.27. The van der Waals surface area contributed by atoms with E-state index in [0.29, 0.717) is 33.0 Å². The molecular formula is C26H19ClN2O5. The monoisotopic (exact) mass is 474 g/mol. The van der Waals surface area contributed by atoms with E-state index in [9.17, 15) is 14.7 Å². The lowest BCUT2D eigenvalue weighted by Crippen LogP contribution is -2.31. The van der Waals surface area contributed by atoms with Crippen LogP contribution in [0.5, 0.6) is 5.75 Å². The van der Waals surface area contributed by atoms with Gasteiger partial charge in [0.15, 0.2) is 22.9 Å². The molecule has 2 aromatic carbocycles. The molecular weight excluding hydrogens is 456 g/mol. The Hall–Kier alpha value is -4.10. The molecule has 7 nitrogen and oxygen atoms in total. The van der Waals surface area contributed by atoms with Crippen molar-refractivity contribution in [2.75, 3.05) is 7.11 Å². The maximum atomic E-state index is 13.7. The number of aliphatic hydroxyl groups excluding tert-OH is 1. The molecule has 1 N–H and O–H groups in total. The van der Waals surface area contributed by atoms with Crippen LogP contribution in [-0.4, -0.2) is 33.8 Å². The van der Waals surface area contributed by atoms with Crippen LogP contribution in [0.15, 0.2) is 88.7 Å². The first kappa shape index (κ1) is 21.7. The topological polar surface area (TPSA) is 92.9 Å². The second-order valence-electron chi connectivity index (χ2n) is 7.80. The van der Waals surface area contributed by atoms with Gasteiger partial charge in [0.25, 0.3) is 5.91 Å². The minimum absolute atomic E-state index is 0.0365. The Labute approximate surface area is 199 Å². The molecule has 3 heterocycles. The van der Waals surface area contributed by atoms with E-state index in [-0.39, 0.29) is 17.9 Å². The van der Waals surface area contributed by atoms with Crippen LogP contribution in [0.1, 0.15) is 27.9 Å². The lowest BCUT2D eigenvalue weighted by atomic mass is 9.95. The number of ether oxygens (including phenoxy) is 1. The standard InChI is InChI=1S/C26H19ClN2O5/c1-33-20-13-17(27)11-16-12-19(34-25(16)20)23(30)21-22(15-7-3-2-4-8-15)29(26(32)24(21)31)14-18-9-5-6-10-28-18/h2-13,22,31H,14H2,1H3. The van der Waals surface area contributed by atoms with Gasteiger partial charge in [-0.15, -0.1) is 0 Å². The molecule has 0 aliphatic carbocycles. The maximum absolute atomic E-state index is 13.7. The highest BCUT2D eigenvalue weighted by Gasteiger charge is 2.44. The third-order valence-electron chi connectivity index (χ3n) is 5.71. The average Bonchev–Trinajstić information content (AvgIpc) is 3.39. The van der Waals surface area contributed by atoms with Crippen molar-refractivity contribution in [3.63, 3.8) is 0 Å². The molecule has 4 aromatic rings. The molecule has 170 valence electrons. The van der Waals surface area contributed by atoms with Crippen LogP contribution in [0.2, 0.25) is 5.02 Å². The lowest BCUT2D eigenvalue weighted by Gasteiger charge is -2.26. The van der Waals surface area contributed by atoms with E-state index in [1.54, 1.807) is 42.6 Å². The molecule has 0 saturated carbocycles. The van der Waals surface area contributed by atoms with Gasteiger partial charge in [0, 0.05) is 22.7 Å². The van der Waals surface area contributed by atoms with E-state index in [2.05, 4.69) is 4.98 Å². The first-order chi connectivity index (χ1) is 16.5. The zero-order valence-corrected chi connectivity index (χ0v) is 18.8. The quantitative estimate of drug-likeness (QED) is 0.383. The van der Waals surface area contributed by atoms with Gasteiger partial charge in [-0.1, -0.05) is 48.0 Å². The Bertz CT molecular complexity index is 1430. The summed E-state index contributed by atoms with van der Waals surface area (Å²) in [5, 5.41) is 11.8. The van der Waals surface area contributed by atoms with Crippen molar-refractivity contribution in [2.24, 2.45) is 0 Å². The Kier molecular flexibility index (Phi) is 5.55. The van der Waals surface area contributed by atoms with E-state index in [1.165, 1.54) is 18.1 Å². The summed E-state index contributed by atoms with van der Waals surface area (Å²) in [5.41, 5.74) is 1.59. The fourth-order valence-corrected chi connectivity index (χ4v) is 4.40. The number of carbonyl (C=O) groups excluding carboxylic acids is 2. The smallest absolute Gasteiger partial charge is 0.290 e. The number of amides is 1. The first-order valence-corrected chi connectivity index (χ1v) is 10.9. The van der Waals surface area contributed by atoms with Crippen LogP contribution < -0.4 is 4.74 Å². The average molecular weight is 475 g/mol. The van der Waals surface area contributed by atoms with Gasteiger partial charge in [-0.25, -0.2) is 0 Å². The van der Waals surface area contributed by atoms with Crippen molar-refractivity contribution in [3.8, 4) is 5.75 Å². The number of fused-ring (bicyclic) bond motifs is 1. The van der Waals surface area contributed by atoms with Crippen molar-refractivity contribution >= 4 is 34.3 Å². The third-order valence-corrected chi connectivity index (χ3v) is 5.93. The van der Waals surface area contributed by atoms with Crippen molar-refractivity contribution in [1.29, 1.82) is 0 Å². The second kappa shape index (κ2) is 8.68. The van der Waals surface area contributed by atoms with Gasteiger partial charge in [-0.05, 0) is 29.8 Å². The zero-order chi connectivity index (χ0) is 23.8. The van der Waals surface area contributed by atoms with Gasteiger partial charge in [0.1, 0.15) is 0 Å². The van der Waals surface area contributed by atoms with Gasteiger partial charge in [0.05, 0.1) is 31.0 Å². The van der Waals surface area contributed by atoms with Crippen LogP contribution in [0.4, 0.5) is 0 Å². The van der Waals surface area contributed by atoms with E-state index < -0.39 is 23.5 Å². The van der Waals surface area contributed by atoms with Gasteiger partial charge < -0.3 is 19.2 Å². The molecule has 0 radical (unpaired) electrons. The number of furan rings is 1. The number of pyridine rings is 1. The van der Waals surface area contributed by atoms with Crippen LogP contribution in [0.3, 0.4) is 0 Å². The summed E-state index contributed by atoms with van der Waals surface area (Å²) in [6, 6.07) is 18.4. The largest absolute Gasteiger partial charge is 0.503 e. The molecule has 8 heteroatoms. The van der Waals surface area contributed by atoms with Crippen molar-refractivity contribution < 1.29 is 23.8 Å². The number of Topliss-reactive ketones (excluding diaryl/α,β-unsaturated/α-hetero) is 1. The minimum atomic E-state index is -0.818. The normalized spacial score (nSPS) is 15.9. The summed E-state index contributed by atoms with van der Waals surface area (Å²) in [5.74, 6) is -1.53. The van der Waals surface area contributed by atoms with Gasteiger partial charge >= 0.3 is 0 Å². The van der Waals surface area contributed by atoms with Crippen LogP contribution in [0, 0.1) is 0 Å². The predicted molar refractivity (Wildman–Crippen MR) is 126 cm³/mol. The number of carbonyl (C=O) groups is 2. The summed E-state index contributed by atoms with van der Waals surface area (Å²) in [6.45, 7) is 0.115. The summed E-state index contributed by atoms with van der Waals surface area (Å²) >= 11 is 6.15. The van der Waals surface area contributed by atoms with Crippen molar-refractivity contribution in [1.82, 2.24) is 9.88 Å². The number of aromatic nitrogens is 1. The highest BCUT2D eigenvalue weighted by Crippen LogP contribution is 2.41. The van der Waals surface area contributed by atoms with E-state index in [4.69, 9.17) is 20.8 Å². The molecule has 1 amide bonds. The molecule has 0 saturated heterocycles. The summed E-state index contributed by atoms with van der Waals surface area (Å²) in [6.07, 6.45) is 1.62. The fraction of sp³-hybridized carbons (Fsp3) is 0.115. The summed E-state index contributed by atoms with van der Waals surface area (Å²) in [7, 11) is 1.47. The fourth-order valence-electron chi connectivity index (χ4n) is 4.18. The second-order valence-corrected chi connectivity index (χ2v) is 8.23. The Morgan fingerprint density at radius 1 is 1.15 bits per heavy atom. The lowest BCUT2D eigenvalue weighted by molar-refractivity contribution is -0.130. The molecule has 1 unspecified atom stereocenters. The SMILES string of the molecule is COc1cc(Cl)cc2cc(C(=O)C3=C(O)C(=O)N(Cc4ccccn4)C3c3ccccc3)oc12. The summed E-state index contributed by atoms with van der Waals surface area (Å²) in [4.78, 5) is 32.5. The Balaban J connectivity index is 1.60. The van der Waals surface area contributed by atoms with E-state index in [1.807, 2.05) is 24.3 Å². The molecule has 34 heavy (non-hydrogen) atoms. The molecule has 0 fully saturated rings. The molecule has 5 rings (SSSR count). The highest BCUT2D eigenvalue weighted by atomic mass is 35.5. The number of benzene rings is 2. The molecule has 2 aromatic heterocycles. The van der Waals surface area contributed by atoms with Crippen LogP contribution >= 0.6 is 11.6 Å². The maximum Gasteiger partial charge on any atom is 0.290 e. The Morgan fingerprint density at radius 3 is 2.62 bits per heavy atom. The van der Waals surface area contributed by atoms with E-state index in [0.717, 1.165) is 0 Å². The minimum Gasteiger partial charge on any atom is -0.503 e. The Morgan fingerprint density at radius 2 is 1.91 bits per heavy atom. The van der Waals surface area contributed by atoms with Crippen molar-refractivity contribution in [2.45, 2.75) is 12.6 Å². The number of rotatable bonds is 6. The van der Waals surface area contributed by atoms with Crippen molar-refractivity contribution in [3.05, 3.63) is 106 Å². The molecule has 1 aliphatic heterocycles. The number of nitrogens with zero attached hydrogens (tertiary/aromatic N) is 2. The van der Waals surface area contributed by atoms with E-state index >= 15 is 0 Å². The number of hydrogen-bond donors (Lipinski definition) is 1. The zero-order valence-electron chi connectivity index (χ0n) is 18.1. The number of ketones is 1.